The molecule has 0 aromatic carbocycles. The minimum absolute atomic E-state index is 0.0326. The van der Waals surface area contributed by atoms with Gasteiger partial charge in [0.2, 0.25) is 0 Å². The number of carboxylic acid groups (broad SMARTS) is 1. The van der Waals surface area contributed by atoms with Gasteiger partial charge in [-0.3, -0.25) is 9.59 Å². The molecule has 0 bridgehead atoms. The maximum Gasteiger partial charge on any atom is 0.303 e. The fourth-order valence-corrected chi connectivity index (χ4v) is 2.02. The van der Waals surface area contributed by atoms with E-state index in [0.29, 0.717) is 6.54 Å². The standard InChI is InChI=1S/C9H13N5O3/c15-6(16)4-9(2-1-3-9)5-10-8(17)7-11-13-14-12-7/h1-5H2,(H,10,17)(H,15,16)(H,11,12,13,14). The molecule has 0 atom stereocenters. The third kappa shape index (κ3) is 2.58. The lowest BCUT2D eigenvalue weighted by Crippen LogP contribution is -2.43. The van der Waals surface area contributed by atoms with Crippen LogP contribution in [0, 0.1) is 5.41 Å². The van der Waals surface area contributed by atoms with Crippen molar-refractivity contribution in [3.05, 3.63) is 5.82 Å². The number of tetrazole rings is 1. The fourth-order valence-electron chi connectivity index (χ4n) is 2.02. The first-order chi connectivity index (χ1) is 8.11. The molecule has 1 fully saturated rings. The van der Waals surface area contributed by atoms with Crippen LogP contribution < -0.4 is 5.32 Å². The zero-order valence-electron chi connectivity index (χ0n) is 9.14. The Morgan fingerprint density at radius 2 is 2.24 bits per heavy atom. The van der Waals surface area contributed by atoms with Crippen molar-refractivity contribution in [1.82, 2.24) is 25.9 Å². The number of aromatic amines is 1. The highest BCUT2D eigenvalue weighted by molar-refractivity contribution is 5.90. The summed E-state index contributed by atoms with van der Waals surface area (Å²) >= 11 is 0. The first kappa shape index (κ1) is 11.5. The molecule has 3 N–H and O–H groups in total. The smallest absolute Gasteiger partial charge is 0.303 e. The van der Waals surface area contributed by atoms with Gasteiger partial charge in [-0.15, -0.1) is 10.2 Å². The van der Waals surface area contributed by atoms with E-state index in [4.69, 9.17) is 5.11 Å². The number of carbonyl (C=O) groups excluding carboxylic acids is 1. The number of rotatable bonds is 5. The fraction of sp³-hybridized carbons (Fsp3) is 0.667. The van der Waals surface area contributed by atoms with Crippen molar-refractivity contribution in [3.8, 4) is 0 Å². The molecule has 8 nitrogen and oxygen atoms in total. The van der Waals surface area contributed by atoms with Crippen molar-refractivity contribution in [2.75, 3.05) is 6.54 Å². The van der Waals surface area contributed by atoms with Crippen LogP contribution in [0.2, 0.25) is 0 Å². The van der Waals surface area contributed by atoms with Crippen molar-refractivity contribution < 1.29 is 14.7 Å². The molecule has 0 saturated heterocycles. The zero-order valence-corrected chi connectivity index (χ0v) is 9.14. The number of nitrogens with one attached hydrogen (secondary N) is 2. The van der Waals surface area contributed by atoms with Gasteiger partial charge in [-0.2, -0.15) is 5.21 Å². The van der Waals surface area contributed by atoms with Gasteiger partial charge in [-0.05, 0) is 23.5 Å². The molecule has 1 saturated carbocycles. The Morgan fingerprint density at radius 1 is 1.47 bits per heavy atom. The molecule has 1 aromatic rings. The first-order valence-electron chi connectivity index (χ1n) is 5.35. The maximum atomic E-state index is 11.5. The summed E-state index contributed by atoms with van der Waals surface area (Å²) < 4.78 is 0. The van der Waals surface area contributed by atoms with Crippen LogP contribution in [0.3, 0.4) is 0 Å². The molecule has 1 aromatic heterocycles. The minimum Gasteiger partial charge on any atom is -0.481 e. The van der Waals surface area contributed by atoms with E-state index in [9.17, 15) is 9.59 Å². The topological polar surface area (TPSA) is 121 Å². The van der Waals surface area contributed by atoms with Crippen molar-refractivity contribution in [1.29, 1.82) is 0 Å². The van der Waals surface area contributed by atoms with Crippen LogP contribution in [0.25, 0.3) is 0 Å². The quantitative estimate of drug-likeness (QED) is 0.641. The Labute approximate surface area is 96.8 Å². The van der Waals surface area contributed by atoms with Gasteiger partial charge in [0.1, 0.15) is 0 Å². The van der Waals surface area contributed by atoms with E-state index in [2.05, 4.69) is 25.9 Å². The summed E-state index contributed by atoms with van der Waals surface area (Å²) in [4.78, 5) is 22.3. The van der Waals surface area contributed by atoms with Gasteiger partial charge in [0.25, 0.3) is 11.7 Å². The van der Waals surface area contributed by atoms with Gasteiger partial charge in [-0.1, -0.05) is 6.42 Å². The average molecular weight is 239 g/mol. The SMILES string of the molecule is O=C(O)CC1(CNC(=O)c2nn[nH]n2)CCC1. The third-order valence-electron chi connectivity index (χ3n) is 3.11. The average Bonchev–Trinajstić information content (AvgIpc) is 2.74. The minimum atomic E-state index is -0.835. The summed E-state index contributed by atoms with van der Waals surface area (Å²) in [5.41, 5.74) is -0.300. The van der Waals surface area contributed by atoms with E-state index in [0.717, 1.165) is 19.3 Å². The van der Waals surface area contributed by atoms with E-state index < -0.39 is 11.9 Å². The monoisotopic (exact) mass is 239 g/mol. The second-order valence-electron chi connectivity index (χ2n) is 4.34. The highest BCUT2D eigenvalue weighted by Gasteiger charge is 2.39. The van der Waals surface area contributed by atoms with Crippen LogP contribution in [0.4, 0.5) is 0 Å². The molecule has 1 heterocycles. The van der Waals surface area contributed by atoms with Gasteiger partial charge in [0.05, 0.1) is 6.42 Å². The van der Waals surface area contributed by atoms with Crippen LogP contribution in [-0.2, 0) is 4.79 Å². The molecule has 2 rings (SSSR count). The van der Waals surface area contributed by atoms with Crippen LogP contribution in [0.1, 0.15) is 36.3 Å². The molecule has 17 heavy (non-hydrogen) atoms. The van der Waals surface area contributed by atoms with Gasteiger partial charge < -0.3 is 10.4 Å². The van der Waals surface area contributed by atoms with Crippen LogP contribution in [0.15, 0.2) is 0 Å². The van der Waals surface area contributed by atoms with Gasteiger partial charge >= 0.3 is 5.97 Å². The second kappa shape index (κ2) is 4.48. The molecular weight excluding hydrogens is 226 g/mol. The predicted octanol–water partition coefficient (Wildman–Crippen LogP) is -0.426. The predicted molar refractivity (Wildman–Crippen MR) is 55.0 cm³/mol. The number of carbonyl (C=O) groups is 2. The first-order valence-corrected chi connectivity index (χ1v) is 5.35. The Morgan fingerprint density at radius 3 is 2.71 bits per heavy atom. The second-order valence-corrected chi connectivity index (χ2v) is 4.34. The zero-order chi connectivity index (χ0) is 12.3. The Balaban J connectivity index is 1.88. The Kier molecular flexibility index (Phi) is 3.03. The Hall–Kier alpha value is -1.99. The molecule has 92 valence electrons. The number of hydrogen-bond donors (Lipinski definition) is 3. The summed E-state index contributed by atoms with van der Waals surface area (Å²) in [6.07, 6.45) is 2.74. The maximum absolute atomic E-state index is 11.5. The molecular formula is C9H13N5O3. The van der Waals surface area contributed by atoms with E-state index in [1.165, 1.54) is 0 Å². The van der Waals surface area contributed by atoms with Gasteiger partial charge in [0.15, 0.2) is 0 Å². The third-order valence-corrected chi connectivity index (χ3v) is 3.11. The number of nitrogens with zero attached hydrogens (tertiary/aromatic N) is 3. The lowest BCUT2D eigenvalue weighted by Gasteiger charge is -2.40. The van der Waals surface area contributed by atoms with Crippen molar-refractivity contribution in [2.24, 2.45) is 5.41 Å². The Bertz CT molecular complexity index is 412. The van der Waals surface area contributed by atoms with Crippen molar-refractivity contribution >= 4 is 11.9 Å². The van der Waals surface area contributed by atoms with Crippen LogP contribution in [-0.4, -0.2) is 44.2 Å². The normalized spacial score (nSPS) is 17.2. The van der Waals surface area contributed by atoms with E-state index in [1.54, 1.807) is 0 Å². The molecule has 0 unspecified atom stereocenters. The lowest BCUT2D eigenvalue weighted by atomic mass is 9.66. The number of amides is 1. The number of aromatic nitrogens is 4. The summed E-state index contributed by atoms with van der Waals surface area (Å²) in [6, 6.07) is 0. The summed E-state index contributed by atoms with van der Waals surface area (Å²) in [6.45, 7) is 0.340. The lowest BCUT2D eigenvalue weighted by molar-refractivity contribution is -0.141. The summed E-state index contributed by atoms with van der Waals surface area (Å²) in [5.74, 6) is -1.30. The van der Waals surface area contributed by atoms with Crippen molar-refractivity contribution in [3.63, 3.8) is 0 Å². The number of hydrogen-bond acceptors (Lipinski definition) is 5. The summed E-state index contributed by atoms with van der Waals surface area (Å²) in [7, 11) is 0. The highest BCUT2D eigenvalue weighted by atomic mass is 16.4. The molecule has 0 aliphatic heterocycles. The van der Waals surface area contributed by atoms with E-state index in [-0.39, 0.29) is 17.7 Å². The van der Waals surface area contributed by atoms with Crippen LogP contribution >= 0.6 is 0 Å². The largest absolute Gasteiger partial charge is 0.481 e. The van der Waals surface area contributed by atoms with Crippen molar-refractivity contribution in [2.45, 2.75) is 25.7 Å². The molecule has 1 amide bonds. The molecule has 1 aliphatic carbocycles. The molecule has 0 radical (unpaired) electrons. The number of carboxylic acids is 1. The molecule has 1 aliphatic rings. The van der Waals surface area contributed by atoms with E-state index in [1.807, 2.05) is 0 Å². The summed E-state index contributed by atoms with van der Waals surface area (Å²) in [5, 5.41) is 24.0. The number of H-pyrrole nitrogens is 1. The molecule has 0 spiro atoms. The highest BCUT2D eigenvalue weighted by Crippen LogP contribution is 2.43. The number of aliphatic carboxylic acids is 1. The van der Waals surface area contributed by atoms with Gasteiger partial charge in [0, 0.05) is 6.54 Å². The molecule has 8 heteroatoms. The van der Waals surface area contributed by atoms with Crippen LogP contribution in [0.5, 0.6) is 0 Å². The van der Waals surface area contributed by atoms with E-state index >= 15 is 0 Å². The van der Waals surface area contributed by atoms with Gasteiger partial charge in [-0.25, -0.2) is 0 Å².